The van der Waals surface area contributed by atoms with Gasteiger partial charge >= 0.3 is 5.97 Å². The van der Waals surface area contributed by atoms with Crippen LogP contribution in [-0.2, 0) is 20.9 Å². The Morgan fingerprint density at radius 1 is 1.33 bits per heavy atom. The third kappa shape index (κ3) is 3.44. The third-order valence-electron chi connectivity index (χ3n) is 3.15. The number of benzene rings is 1. The van der Waals surface area contributed by atoms with Crippen molar-refractivity contribution in [1.82, 2.24) is 0 Å². The van der Waals surface area contributed by atoms with Crippen LogP contribution in [0.5, 0.6) is 0 Å². The van der Waals surface area contributed by atoms with Crippen LogP contribution in [0.2, 0.25) is 0 Å². The molecule has 0 saturated carbocycles. The van der Waals surface area contributed by atoms with E-state index in [2.05, 4.69) is 6.08 Å². The molecular formula is C15H18O3. The molecule has 0 saturated heterocycles. The quantitative estimate of drug-likeness (QED) is 0.347. The number of allylic oxidation sites excluding steroid dienone is 1. The van der Waals surface area contributed by atoms with Gasteiger partial charge in [-0.3, -0.25) is 4.79 Å². The topological polar surface area (TPSA) is 35.5 Å². The number of ether oxygens (including phenoxy) is 2. The fourth-order valence-electron chi connectivity index (χ4n) is 2.09. The first-order valence-corrected chi connectivity index (χ1v) is 6.22. The summed E-state index contributed by atoms with van der Waals surface area (Å²) in [5.41, 5.74) is 2.19. The van der Waals surface area contributed by atoms with Crippen LogP contribution in [0.4, 0.5) is 0 Å². The van der Waals surface area contributed by atoms with E-state index in [1.807, 2.05) is 37.3 Å². The van der Waals surface area contributed by atoms with Crippen molar-refractivity contribution in [3.05, 3.63) is 47.5 Å². The second-order valence-electron chi connectivity index (χ2n) is 4.49. The molecule has 0 spiro atoms. The van der Waals surface area contributed by atoms with E-state index in [0.29, 0.717) is 6.61 Å². The SMILES string of the molecule is CC1=CCCC1C(=O)OCOCc1ccccc1. The molecule has 0 amide bonds. The van der Waals surface area contributed by atoms with Crippen molar-refractivity contribution in [2.24, 2.45) is 5.92 Å². The monoisotopic (exact) mass is 246 g/mol. The number of hydrogen-bond donors (Lipinski definition) is 0. The highest BCUT2D eigenvalue weighted by molar-refractivity contribution is 5.76. The highest BCUT2D eigenvalue weighted by Gasteiger charge is 2.24. The Bertz CT molecular complexity index is 423. The highest BCUT2D eigenvalue weighted by atomic mass is 16.7. The van der Waals surface area contributed by atoms with Gasteiger partial charge in [-0.05, 0) is 25.3 Å². The van der Waals surface area contributed by atoms with Gasteiger partial charge in [-0.2, -0.15) is 0 Å². The van der Waals surface area contributed by atoms with Crippen LogP contribution < -0.4 is 0 Å². The number of carbonyl (C=O) groups excluding carboxylic acids is 1. The van der Waals surface area contributed by atoms with Crippen molar-refractivity contribution in [2.75, 3.05) is 6.79 Å². The van der Waals surface area contributed by atoms with Gasteiger partial charge in [-0.15, -0.1) is 0 Å². The summed E-state index contributed by atoms with van der Waals surface area (Å²) >= 11 is 0. The van der Waals surface area contributed by atoms with E-state index in [9.17, 15) is 4.79 Å². The lowest BCUT2D eigenvalue weighted by molar-refractivity contribution is -0.160. The fourth-order valence-corrected chi connectivity index (χ4v) is 2.09. The van der Waals surface area contributed by atoms with Gasteiger partial charge in [0.2, 0.25) is 0 Å². The Morgan fingerprint density at radius 3 is 2.78 bits per heavy atom. The number of carbonyl (C=O) groups is 1. The van der Waals surface area contributed by atoms with E-state index in [-0.39, 0.29) is 18.7 Å². The van der Waals surface area contributed by atoms with Gasteiger partial charge in [0.25, 0.3) is 0 Å². The second kappa shape index (κ2) is 6.36. The molecule has 0 bridgehead atoms. The predicted octanol–water partition coefficient (Wildman–Crippen LogP) is 3.06. The smallest absolute Gasteiger partial charge is 0.315 e. The Hall–Kier alpha value is -1.61. The van der Waals surface area contributed by atoms with Gasteiger partial charge < -0.3 is 9.47 Å². The number of esters is 1. The van der Waals surface area contributed by atoms with Crippen LogP contribution in [0, 0.1) is 5.92 Å². The van der Waals surface area contributed by atoms with Crippen molar-refractivity contribution >= 4 is 5.97 Å². The van der Waals surface area contributed by atoms with Crippen LogP contribution in [0.15, 0.2) is 42.0 Å². The summed E-state index contributed by atoms with van der Waals surface area (Å²) in [5.74, 6) is -0.236. The number of rotatable bonds is 5. The van der Waals surface area contributed by atoms with Crippen LogP contribution in [-0.4, -0.2) is 12.8 Å². The van der Waals surface area contributed by atoms with E-state index >= 15 is 0 Å². The lowest BCUT2D eigenvalue weighted by Gasteiger charge is -2.11. The molecule has 3 heteroatoms. The predicted molar refractivity (Wildman–Crippen MR) is 68.7 cm³/mol. The molecule has 1 aromatic carbocycles. The Morgan fingerprint density at radius 2 is 2.11 bits per heavy atom. The second-order valence-corrected chi connectivity index (χ2v) is 4.49. The largest absolute Gasteiger partial charge is 0.438 e. The maximum atomic E-state index is 11.7. The molecular weight excluding hydrogens is 228 g/mol. The minimum Gasteiger partial charge on any atom is -0.438 e. The summed E-state index contributed by atoms with van der Waals surface area (Å²) in [4.78, 5) is 11.7. The molecule has 1 aliphatic rings. The summed E-state index contributed by atoms with van der Waals surface area (Å²) in [6.07, 6.45) is 3.93. The van der Waals surface area contributed by atoms with Crippen molar-refractivity contribution in [3.8, 4) is 0 Å². The zero-order valence-corrected chi connectivity index (χ0v) is 10.6. The molecule has 18 heavy (non-hydrogen) atoms. The Labute approximate surface area is 107 Å². The maximum absolute atomic E-state index is 11.7. The molecule has 1 unspecified atom stereocenters. The number of hydrogen-bond acceptors (Lipinski definition) is 3. The highest BCUT2D eigenvalue weighted by Crippen LogP contribution is 2.26. The summed E-state index contributed by atoms with van der Waals surface area (Å²) in [7, 11) is 0. The first kappa shape index (κ1) is 12.8. The summed E-state index contributed by atoms with van der Waals surface area (Å²) in [5, 5.41) is 0. The average molecular weight is 246 g/mol. The van der Waals surface area contributed by atoms with Gasteiger partial charge in [0.1, 0.15) is 0 Å². The zero-order valence-electron chi connectivity index (χ0n) is 10.6. The molecule has 0 radical (unpaired) electrons. The minimum absolute atomic E-state index is 0.0253. The molecule has 0 heterocycles. The molecule has 1 atom stereocenters. The summed E-state index contributed by atoms with van der Waals surface area (Å²) in [6, 6.07) is 9.82. The van der Waals surface area contributed by atoms with E-state index < -0.39 is 0 Å². The van der Waals surface area contributed by atoms with Crippen LogP contribution in [0.1, 0.15) is 25.3 Å². The van der Waals surface area contributed by atoms with Gasteiger partial charge in [0.05, 0.1) is 12.5 Å². The molecule has 1 aliphatic carbocycles. The summed E-state index contributed by atoms with van der Waals surface area (Å²) < 4.78 is 10.4. The van der Waals surface area contributed by atoms with Crippen LogP contribution in [0.3, 0.4) is 0 Å². The molecule has 2 rings (SSSR count). The van der Waals surface area contributed by atoms with Gasteiger partial charge in [0.15, 0.2) is 6.79 Å². The normalized spacial score (nSPS) is 18.5. The standard InChI is InChI=1S/C15H18O3/c1-12-6-5-9-14(12)15(16)18-11-17-10-13-7-3-2-4-8-13/h2-4,6-8,14H,5,9-11H2,1H3. The van der Waals surface area contributed by atoms with Gasteiger partial charge in [-0.25, -0.2) is 0 Å². The summed E-state index contributed by atoms with van der Waals surface area (Å²) in [6.45, 7) is 2.47. The van der Waals surface area contributed by atoms with Crippen molar-refractivity contribution < 1.29 is 14.3 Å². The molecule has 0 N–H and O–H groups in total. The maximum Gasteiger partial charge on any atom is 0.315 e. The van der Waals surface area contributed by atoms with E-state index in [0.717, 1.165) is 24.0 Å². The average Bonchev–Trinajstić information content (AvgIpc) is 2.82. The fraction of sp³-hybridized carbons (Fsp3) is 0.400. The molecule has 0 aliphatic heterocycles. The molecule has 1 aromatic rings. The Balaban J connectivity index is 1.67. The van der Waals surface area contributed by atoms with Crippen molar-refractivity contribution in [1.29, 1.82) is 0 Å². The minimum atomic E-state index is -0.172. The lowest BCUT2D eigenvalue weighted by atomic mass is 10.0. The van der Waals surface area contributed by atoms with E-state index in [4.69, 9.17) is 9.47 Å². The van der Waals surface area contributed by atoms with Crippen molar-refractivity contribution in [2.45, 2.75) is 26.4 Å². The van der Waals surface area contributed by atoms with E-state index in [1.165, 1.54) is 0 Å². The van der Waals surface area contributed by atoms with Crippen LogP contribution >= 0.6 is 0 Å². The molecule has 3 nitrogen and oxygen atoms in total. The molecule has 0 fully saturated rings. The first-order chi connectivity index (χ1) is 8.77. The van der Waals surface area contributed by atoms with Gasteiger partial charge in [-0.1, -0.05) is 42.0 Å². The first-order valence-electron chi connectivity index (χ1n) is 6.22. The molecule has 96 valence electrons. The van der Waals surface area contributed by atoms with Crippen molar-refractivity contribution in [3.63, 3.8) is 0 Å². The van der Waals surface area contributed by atoms with E-state index in [1.54, 1.807) is 0 Å². The van der Waals surface area contributed by atoms with Crippen LogP contribution in [0.25, 0.3) is 0 Å². The Kier molecular flexibility index (Phi) is 4.53. The van der Waals surface area contributed by atoms with Gasteiger partial charge in [0, 0.05) is 0 Å². The lowest BCUT2D eigenvalue weighted by Crippen LogP contribution is -2.18. The zero-order chi connectivity index (χ0) is 12.8. The third-order valence-corrected chi connectivity index (χ3v) is 3.15. The molecule has 0 aromatic heterocycles.